The first-order valence-electron chi connectivity index (χ1n) is 7.88. The van der Waals surface area contributed by atoms with Crippen LogP contribution in [0.25, 0.3) is 0 Å². The minimum absolute atomic E-state index is 0.416. The molecule has 0 aromatic heterocycles. The summed E-state index contributed by atoms with van der Waals surface area (Å²) in [6.07, 6.45) is 3.01. The van der Waals surface area contributed by atoms with Gasteiger partial charge in [-0.25, -0.2) is 9.59 Å². The van der Waals surface area contributed by atoms with Crippen molar-refractivity contribution in [3.05, 3.63) is 35.4 Å². The summed E-state index contributed by atoms with van der Waals surface area (Å²) in [7, 11) is 0. The molecule has 1 aromatic rings. The Bertz CT molecular complexity index is 588. The number of nitrogens with zero attached hydrogens (tertiary/aromatic N) is 1. The van der Waals surface area contributed by atoms with E-state index in [9.17, 15) is 9.59 Å². The van der Waals surface area contributed by atoms with Gasteiger partial charge >= 0.3 is 6.09 Å². The largest absolute Gasteiger partial charge is 0.450 e. The molecule has 1 amide bonds. The van der Waals surface area contributed by atoms with Crippen molar-refractivity contribution in [3.63, 3.8) is 0 Å². The predicted molar refractivity (Wildman–Crippen MR) is 90.0 cm³/mol. The number of unbranched alkanes of at least 4 members (excludes halogenated alkanes) is 1. The van der Waals surface area contributed by atoms with Crippen molar-refractivity contribution < 1.29 is 14.3 Å². The van der Waals surface area contributed by atoms with Crippen LogP contribution in [0.15, 0.2) is 29.3 Å². The van der Waals surface area contributed by atoms with Gasteiger partial charge in [0.05, 0.1) is 17.7 Å². The third kappa shape index (κ3) is 5.53. The Labute approximate surface area is 138 Å². The molecule has 0 aliphatic carbocycles. The normalized spacial score (nSPS) is 11.5. The molecule has 23 heavy (non-hydrogen) atoms. The van der Waals surface area contributed by atoms with E-state index in [1.807, 2.05) is 58.9 Å². The van der Waals surface area contributed by atoms with Gasteiger partial charge in [-0.15, -0.1) is 0 Å². The molecule has 0 saturated heterocycles. The monoisotopic (exact) mass is 318 g/mol. The van der Waals surface area contributed by atoms with Crippen LogP contribution in [0, 0.1) is 0 Å². The van der Waals surface area contributed by atoms with E-state index in [0.29, 0.717) is 6.61 Å². The van der Waals surface area contributed by atoms with E-state index in [-0.39, 0.29) is 0 Å². The molecule has 5 heteroatoms. The van der Waals surface area contributed by atoms with Crippen LogP contribution < -0.4 is 5.32 Å². The minimum Gasteiger partial charge on any atom is -0.450 e. The second-order valence-corrected chi connectivity index (χ2v) is 6.58. The highest BCUT2D eigenvalue weighted by atomic mass is 16.5. The van der Waals surface area contributed by atoms with E-state index >= 15 is 0 Å². The molecular formula is C18H26N2O3. The van der Waals surface area contributed by atoms with Crippen LogP contribution in [0.3, 0.4) is 0 Å². The lowest BCUT2D eigenvalue weighted by atomic mass is 9.88. The van der Waals surface area contributed by atoms with Crippen molar-refractivity contribution in [2.45, 2.75) is 58.5 Å². The molecule has 0 fully saturated rings. The Morgan fingerprint density at radius 1 is 1.26 bits per heavy atom. The molecule has 5 nitrogen and oxygen atoms in total. The number of aliphatic imine (C=N–C) groups is 1. The number of isocyanates is 1. The summed E-state index contributed by atoms with van der Waals surface area (Å²) in [4.78, 5) is 26.3. The third-order valence-corrected chi connectivity index (χ3v) is 3.76. The van der Waals surface area contributed by atoms with Crippen LogP contribution in [0.4, 0.5) is 4.79 Å². The van der Waals surface area contributed by atoms with Gasteiger partial charge in [0.25, 0.3) is 0 Å². The summed E-state index contributed by atoms with van der Waals surface area (Å²) >= 11 is 0. The zero-order valence-corrected chi connectivity index (χ0v) is 14.6. The number of alkyl carbamates (subject to hydrolysis) is 1. The van der Waals surface area contributed by atoms with Gasteiger partial charge < -0.3 is 10.1 Å². The number of nitrogens with one attached hydrogen (secondary N) is 1. The maximum absolute atomic E-state index is 11.9. The fourth-order valence-electron chi connectivity index (χ4n) is 2.14. The van der Waals surface area contributed by atoms with Crippen molar-refractivity contribution in [2.75, 3.05) is 6.61 Å². The molecule has 0 atom stereocenters. The van der Waals surface area contributed by atoms with E-state index in [0.717, 1.165) is 24.0 Å². The first-order chi connectivity index (χ1) is 10.7. The topological polar surface area (TPSA) is 67.8 Å². The highest BCUT2D eigenvalue weighted by molar-refractivity contribution is 5.68. The zero-order chi connectivity index (χ0) is 17.5. The molecule has 0 aliphatic heterocycles. The lowest BCUT2D eigenvalue weighted by Crippen LogP contribution is -2.41. The standard InChI is InChI=1S/C18H26N2O3/c1-6-7-11-23-16(22)20-18(4,5)15-10-8-9-14(12-15)17(2,3)19-13-21/h8-10,12H,6-7,11H2,1-5H3,(H,20,22). The Morgan fingerprint density at radius 2 is 1.91 bits per heavy atom. The molecule has 1 rings (SSSR count). The van der Waals surface area contributed by atoms with Crippen molar-refractivity contribution in [1.82, 2.24) is 5.32 Å². The molecule has 0 spiro atoms. The van der Waals surface area contributed by atoms with Gasteiger partial charge in [-0.1, -0.05) is 37.6 Å². The minimum atomic E-state index is -0.657. The number of ether oxygens (including phenoxy) is 1. The van der Waals surface area contributed by atoms with E-state index in [1.165, 1.54) is 0 Å². The molecular weight excluding hydrogens is 292 g/mol. The molecule has 0 aliphatic rings. The maximum Gasteiger partial charge on any atom is 0.407 e. The number of rotatable bonds is 7. The quantitative estimate of drug-likeness (QED) is 0.469. The van der Waals surface area contributed by atoms with Crippen LogP contribution in [0.5, 0.6) is 0 Å². The molecule has 0 saturated carbocycles. The van der Waals surface area contributed by atoms with E-state index in [1.54, 1.807) is 6.08 Å². The Balaban J connectivity index is 2.92. The first kappa shape index (κ1) is 18.9. The second-order valence-electron chi connectivity index (χ2n) is 6.58. The average molecular weight is 318 g/mol. The van der Waals surface area contributed by atoms with Gasteiger partial charge in [0.1, 0.15) is 0 Å². The Kier molecular flexibility index (Phi) is 6.52. The van der Waals surface area contributed by atoms with Crippen LogP contribution in [-0.2, 0) is 20.6 Å². The lowest BCUT2D eigenvalue weighted by Gasteiger charge is -2.28. The predicted octanol–water partition coefficient (Wildman–Crippen LogP) is 4.02. The molecule has 126 valence electrons. The average Bonchev–Trinajstić information content (AvgIpc) is 2.47. The van der Waals surface area contributed by atoms with Crippen LogP contribution in [0.1, 0.15) is 58.6 Å². The summed E-state index contributed by atoms with van der Waals surface area (Å²) in [5, 5.41) is 2.87. The SMILES string of the molecule is CCCCOC(=O)NC(C)(C)c1cccc(C(C)(C)N=C=O)c1. The highest BCUT2D eigenvalue weighted by Gasteiger charge is 2.26. The van der Waals surface area contributed by atoms with Crippen LogP contribution in [-0.4, -0.2) is 18.8 Å². The second kappa shape index (κ2) is 7.93. The lowest BCUT2D eigenvalue weighted by molar-refractivity contribution is 0.134. The van der Waals surface area contributed by atoms with Gasteiger partial charge in [-0.05, 0) is 45.2 Å². The number of benzene rings is 1. The molecule has 0 heterocycles. The number of hydrogen-bond donors (Lipinski definition) is 1. The highest BCUT2D eigenvalue weighted by Crippen LogP contribution is 2.28. The van der Waals surface area contributed by atoms with Crippen molar-refractivity contribution >= 4 is 12.2 Å². The first-order valence-corrected chi connectivity index (χ1v) is 7.88. The fraction of sp³-hybridized carbons (Fsp3) is 0.556. The summed E-state index contributed by atoms with van der Waals surface area (Å²) in [5.74, 6) is 0. The molecule has 1 aromatic carbocycles. The number of amides is 1. The number of hydrogen-bond acceptors (Lipinski definition) is 4. The number of carbonyl (C=O) groups excluding carboxylic acids is 2. The van der Waals surface area contributed by atoms with Crippen molar-refractivity contribution in [1.29, 1.82) is 0 Å². The zero-order valence-electron chi connectivity index (χ0n) is 14.6. The maximum atomic E-state index is 11.9. The van der Waals surface area contributed by atoms with Gasteiger partial charge in [-0.3, -0.25) is 0 Å². The van der Waals surface area contributed by atoms with E-state index < -0.39 is 17.2 Å². The van der Waals surface area contributed by atoms with Crippen LogP contribution >= 0.6 is 0 Å². The van der Waals surface area contributed by atoms with Gasteiger partial charge in [-0.2, -0.15) is 4.99 Å². The molecule has 0 radical (unpaired) electrons. The summed E-state index contributed by atoms with van der Waals surface area (Å²) in [6.45, 7) is 9.96. The van der Waals surface area contributed by atoms with Gasteiger partial charge in [0.15, 0.2) is 0 Å². The van der Waals surface area contributed by atoms with Crippen molar-refractivity contribution in [3.8, 4) is 0 Å². The van der Waals surface area contributed by atoms with Gasteiger partial charge in [0, 0.05) is 0 Å². The number of carbonyl (C=O) groups is 1. The Hall–Kier alpha value is -2.13. The molecule has 1 N–H and O–H groups in total. The smallest absolute Gasteiger partial charge is 0.407 e. The third-order valence-electron chi connectivity index (χ3n) is 3.76. The molecule has 0 unspecified atom stereocenters. The van der Waals surface area contributed by atoms with Gasteiger partial charge in [0.2, 0.25) is 6.08 Å². The summed E-state index contributed by atoms with van der Waals surface area (Å²) in [5.41, 5.74) is 0.541. The summed E-state index contributed by atoms with van der Waals surface area (Å²) in [6, 6.07) is 7.66. The van der Waals surface area contributed by atoms with E-state index in [4.69, 9.17) is 4.74 Å². The summed E-state index contributed by atoms with van der Waals surface area (Å²) < 4.78 is 5.16. The fourth-order valence-corrected chi connectivity index (χ4v) is 2.14. The molecule has 0 bridgehead atoms. The van der Waals surface area contributed by atoms with Crippen LogP contribution in [0.2, 0.25) is 0 Å². The Morgan fingerprint density at radius 3 is 2.52 bits per heavy atom. The van der Waals surface area contributed by atoms with E-state index in [2.05, 4.69) is 10.3 Å². The van der Waals surface area contributed by atoms with Crippen molar-refractivity contribution in [2.24, 2.45) is 4.99 Å².